The minimum Gasteiger partial charge on any atom is -0.397 e. The fourth-order valence-electron chi connectivity index (χ4n) is 2.28. The minimum absolute atomic E-state index is 0.0597. The Labute approximate surface area is 114 Å². The first-order valence-electron chi connectivity index (χ1n) is 5.58. The highest BCUT2D eigenvalue weighted by atomic mass is 35.5. The van der Waals surface area contributed by atoms with E-state index in [9.17, 15) is 9.59 Å². The van der Waals surface area contributed by atoms with Crippen LogP contribution < -0.4 is 11.5 Å². The second-order valence-corrected chi connectivity index (χ2v) is 4.70. The molecule has 0 bridgehead atoms. The summed E-state index contributed by atoms with van der Waals surface area (Å²) in [5, 5.41) is 0.110. The van der Waals surface area contributed by atoms with Gasteiger partial charge in [0.25, 0.3) is 0 Å². The van der Waals surface area contributed by atoms with E-state index in [0.29, 0.717) is 11.1 Å². The first-order chi connectivity index (χ1) is 9.02. The second-order valence-electron chi connectivity index (χ2n) is 4.32. The molecule has 94 valence electrons. The largest absolute Gasteiger partial charge is 0.397 e. The van der Waals surface area contributed by atoms with E-state index in [2.05, 4.69) is 0 Å². The standard InChI is InChI=1S/C14H9ClN2O2/c15-11-9(16)5-8-10(12(11)17)14(19)7-4-2-1-3-6(7)13(8)18/h1-5H,16-17H2. The van der Waals surface area contributed by atoms with Crippen LogP contribution in [-0.4, -0.2) is 11.6 Å². The molecule has 0 radical (unpaired) electrons. The molecule has 3 rings (SSSR count). The van der Waals surface area contributed by atoms with Gasteiger partial charge in [0.1, 0.15) is 0 Å². The number of ketones is 2. The van der Waals surface area contributed by atoms with Crippen molar-refractivity contribution in [3.63, 3.8) is 0 Å². The molecule has 1 aliphatic rings. The van der Waals surface area contributed by atoms with Crippen LogP contribution in [0.3, 0.4) is 0 Å². The number of hydrogen-bond acceptors (Lipinski definition) is 4. The highest BCUT2D eigenvalue weighted by Gasteiger charge is 2.32. The van der Waals surface area contributed by atoms with Gasteiger partial charge in [0.2, 0.25) is 0 Å². The number of fused-ring (bicyclic) bond motifs is 2. The summed E-state index contributed by atoms with van der Waals surface area (Å²) in [6, 6.07) is 8.02. The van der Waals surface area contributed by atoms with E-state index >= 15 is 0 Å². The van der Waals surface area contributed by atoms with E-state index in [0.717, 1.165) is 0 Å². The zero-order valence-corrected chi connectivity index (χ0v) is 10.5. The van der Waals surface area contributed by atoms with Gasteiger partial charge in [0.05, 0.1) is 22.0 Å². The fraction of sp³-hybridized carbons (Fsp3) is 0. The average molecular weight is 273 g/mol. The van der Waals surface area contributed by atoms with Crippen molar-refractivity contribution in [2.24, 2.45) is 0 Å². The Morgan fingerprint density at radius 1 is 0.895 bits per heavy atom. The Balaban J connectivity index is 2.40. The monoisotopic (exact) mass is 272 g/mol. The van der Waals surface area contributed by atoms with Crippen LogP contribution in [-0.2, 0) is 0 Å². The highest BCUT2D eigenvalue weighted by molar-refractivity contribution is 6.39. The number of hydrogen-bond donors (Lipinski definition) is 2. The molecular formula is C14H9ClN2O2. The van der Waals surface area contributed by atoms with Gasteiger partial charge in [-0.25, -0.2) is 0 Å². The molecule has 19 heavy (non-hydrogen) atoms. The third-order valence-corrected chi connectivity index (χ3v) is 3.64. The smallest absolute Gasteiger partial charge is 0.196 e. The molecule has 4 N–H and O–H groups in total. The molecule has 0 amide bonds. The van der Waals surface area contributed by atoms with E-state index in [1.54, 1.807) is 24.3 Å². The van der Waals surface area contributed by atoms with Crippen molar-refractivity contribution in [3.8, 4) is 0 Å². The maximum Gasteiger partial charge on any atom is 0.196 e. The summed E-state index contributed by atoms with van der Waals surface area (Å²) in [7, 11) is 0. The molecule has 0 unspecified atom stereocenters. The Morgan fingerprint density at radius 3 is 2.11 bits per heavy atom. The van der Waals surface area contributed by atoms with Crippen molar-refractivity contribution < 1.29 is 9.59 Å². The van der Waals surface area contributed by atoms with Gasteiger partial charge in [-0.15, -0.1) is 0 Å². The first kappa shape index (κ1) is 11.7. The van der Waals surface area contributed by atoms with E-state index in [1.807, 2.05) is 0 Å². The van der Waals surface area contributed by atoms with E-state index in [1.165, 1.54) is 6.07 Å². The molecule has 1 aliphatic carbocycles. The minimum atomic E-state index is -0.301. The summed E-state index contributed by atoms with van der Waals surface area (Å²) in [6.07, 6.45) is 0. The van der Waals surface area contributed by atoms with Crippen molar-refractivity contribution in [2.45, 2.75) is 0 Å². The average Bonchev–Trinajstić information content (AvgIpc) is 2.42. The second kappa shape index (κ2) is 3.83. The van der Waals surface area contributed by atoms with E-state index in [-0.39, 0.29) is 39.1 Å². The predicted molar refractivity (Wildman–Crippen MR) is 73.6 cm³/mol. The number of halogens is 1. The molecule has 0 aromatic heterocycles. The molecule has 0 spiro atoms. The molecule has 2 aromatic carbocycles. The lowest BCUT2D eigenvalue weighted by atomic mass is 9.83. The lowest BCUT2D eigenvalue weighted by Crippen LogP contribution is -2.22. The van der Waals surface area contributed by atoms with Crippen LogP contribution in [0.25, 0.3) is 0 Å². The van der Waals surface area contributed by atoms with E-state index < -0.39 is 0 Å². The Kier molecular flexibility index (Phi) is 2.37. The van der Waals surface area contributed by atoms with Crippen molar-refractivity contribution in [1.29, 1.82) is 0 Å². The third kappa shape index (κ3) is 1.47. The molecule has 0 saturated carbocycles. The lowest BCUT2D eigenvalue weighted by molar-refractivity contribution is 0.0980. The predicted octanol–water partition coefficient (Wildman–Crippen LogP) is 2.28. The van der Waals surface area contributed by atoms with Gasteiger partial charge in [0, 0.05) is 16.7 Å². The number of benzene rings is 2. The molecule has 0 atom stereocenters. The molecule has 0 fully saturated rings. The van der Waals surface area contributed by atoms with Crippen molar-refractivity contribution in [3.05, 3.63) is 57.6 Å². The Hall–Kier alpha value is -2.33. The number of anilines is 2. The molecule has 2 aromatic rings. The normalized spacial score (nSPS) is 13.1. The summed E-state index contributed by atoms with van der Waals surface area (Å²) < 4.78 is 0. The van der Waals surface area contributed by atoms with Gasteiger partial charge in [-0.05, 0) is 6.07 Å². The van der Waals surface area contributed by atoms with Crippen LogP contribution in [0.1, 0.15) is 31.8 Å². The summed E-state index contributed by atoms with van der Waals surface area (Å²) in [4.78, 5) is 24.8. The Bertz CT molecular complexity index is 753. The molecular weight excluding hydrogens is 264 g/mol. The maximum absolute atomic E-state index is 12.4. The van der Waals surface area contributed by atoms with Crippen molar-refractivity contribution >= 4 is 34.5 Å². The third-order valence-electron chi connectivity index (χ3n) is 3.22. The van der Waals surface area contributed by atoms with Crippen LogP contribution in [0.15, 0.2) is 30.3 Å². The molecule has 5 heteroatoms. The molecule has 0 aliphatic heterocycles. The van der Waals surface area contributed by atoms with Crippen LogP contribution >= 0.6 is 11.6 Å². The fourth-order valence-corrected chi connectivity index (χ4v) is 2.43. The summed E-state index contributed by atoms with van der Waals surface area (Å²) in [5.41, 5.74) is 12.8. The molecule has 4 nitrogen and oxygen atoms in total. The van der Waals surface area contributed by atoms with Crippen LogP contribution in [0, 0.1) is 0 Å². The van der Waals surface area contributed by atoms with Gasteiger partial charge < -0.3 is 11.5 Å². The Morgan fingerprint density at radius 2 is 1.47 bits per heavy atom. The van der Waals surface area contributed by atoms with Gasteiger partial charge in [-0.1, -0.05) is 35.9 Å². The van der Waals surface area contributed by atoms with Crippen molar-refractivity contribution in [1.82, 2.24) is 0 Å². The van der Waals surface area contributed by atoms with Gasteiger partial charge >= 0.3 is 0 Å². The van der Waals surface area contributed by atoms with Gasteiger partial charge in [0.15, 0.2) is 11.6 Å². The van der Waals surface area contributed by atoms with Crippen LogP contribution in [0.2, 0.25) is 5.02 Å². The van der Waals surface area contributed by atoms with Crippen molar-refractivity contribution in [2.75, 3.05) is 11.5 Å². The summed E-state index contributed by atoms with van der Waals surface area (Å²) in [5.74, 6) is -0.565. The molecule has 0 saturated heterocycles. The first-order valence-corrected chi connectivity index (χ1v) is 5.96. The van der Waals surface area contributed by atoms with Gasteiger partial charge in [-0.2, -0.15) is 0 Å². The zero-order valence-electron chi connectivity index (χ0n) is 9.74. The maximum atomic E-state index is 12.4. The quantitative estimate of drug-likeness (QED) is 0.615. The topological polar surface area (TPSA) is 86.2 Å². The lowest BCUT2D eigenvalue weighted by Gasteiger charge is -2.20. The van der Waals surface area contributed by atoms with E-state index in [4.69, 9.17) is 23.1 Å². The molecule has 0 heterocycles. The number of rotatable bonds is 0. The summed E-state index contributed by atoms with van der Waals surface area (Å²) >= 11 is 5.94. The van der Waals surface area contributed by atoms with Gasteiger partial charge in [-0.3, -0.25) is 9.59 Å². The van der Waals surface area contributed by atoms with Crippen LogP contribution in [0.4, 0.5) is 11.4 Å². The number of carbonyl (C=O) groups excluding carboxylic acids is 2. The SMILES string of the molecule is Nc1cc2c(c(N)c1Cl)C(=O)c1ccccc1C2=O. The zero-order chi connectivity index (χ0) is 13.7. The van der Waals surface area contributed by atoms with Crippen LogP contribution in [0.5, 0.6) is 0 Å². The number of nitrogens with two attached hydrogens (primary N) is 2. The summed E-state index contributed by atoms with van der Waals surface area (Å²) in [6.45, 7) is 0. The number of carbonyl (C=O) groups is 2. The highest BCUT2D eigenvalue weighted by Crippen LogP contribution is 2.37. The number of nitrogen functional groups attached to an aromatic ring is 2.